The van der Waals surface area contributed by atoms with Crippen LogP contribution in [0.1, 0.15) is 25.5 Å². The molecule has 5 rings (SSSR count). The highest BCUT2D eigenvalue weighted by Crippen LogP contribution is 2.28. The molecule has 0 spiro atoms. The van der Waals surface area contributed by atoms with Crippen molar-refractivity contribution in [3.05, 3.63) is 66.4 Å². The molecule has 3 heterocycles. The number of aromatic nitrogens is 3. The van der Waals surface area contributed by atoms with E-state index in [-0.39, 0.29) is 17.7 Å². The molecular weight excluding hydrogens is 468 g/mol. The first kappa shape index (κ1) is 24.3. The second-order valence-corrected chi connectivity index (χ2v) is 9.29. The van der Waals surface area contributed by atoms with Crippen LogP contribution in [0.3, 0.4) is 0 Å². The Morgan fingerprint density at radius 2 is 1.59 bits per heavy atom. The van der Waals surface area contributed by atoms with Crippen molar-refractivity contribution in [1.29, 1.82) is 0 Å². The molecule has 1 saturated heterocycles. The minimum absolute atomic E-state index is 0.0175. The van der Waals surface area contributed by atoms with E-state index in [4.69, 9.17) is 9.84 Å². The number of benzene rings is 2. The second kappa shape index (κ2) is 10.3. The SMILES string of the molecule is COc1ccc(-c2cc3nc(C)cc(N4CCC(C(=O)Nc5ccc(NC(C)=O)cc5)CC4)n3n2)cc1. The summed E-state index contributed by atoms with van der Waals surface area (Å²) in [5, 5.41) is 10.6. The summed E-state index contributed by atoms with van der Waals surface area (Å²) in [4.78, 5) is 31.1. The number of rotatable bonds is 6. The summed E-state index contributed by atoms with van der Waals surface area (Å²) >= 11 is 0. The molecule has 190 valence electrons. The number of anilines is 3. The minimum atomic E-state index is -0.128. The number of ether oxygens (including phenoxy) is 1. The average molecular weight is 499 g/mol. The van der Waals surface area contributed by atoms with Gasteiger partial charge in [-0.25, -0.2) is 4.98 Å². The van der Waals surface area contributed by atoms with Gasteiger partial charge in [-0.15, -0.1) is 0 Å². The van der Waals surface area contributed by atoms with E-state index in [1.54, 1.807) is 31.4 Å². The third-order valence-electron chi connectivity index (χ3n) is 6.58. The van der Waals surface area contributed by atoms with Gasteiger partial charge in [-0.2, -0.15) is 9.61 Å². The van der Waals surface area contributed by atoms with Gasteiger partial charge >= 0.3 is 0 Å². The average Bonchev–Trinajstić information content (AvgIpc) is 3.33. The van der Waals surface area contributed by atoms with Crippen molar-refractivity contribution in [3.8, 4) is 17.0 Å². The molecule has 9 nitrogen and oxygen atoms in total. The molecule has 0 radical (unpaired) electrons. The number of nitrogens with one attached hydrogen (secondary N) is 2. The van der Waals surface area contributed by atoms with E-state index in [9.17, 15) is 9.59 Å². The fourth-order valence-corrected chi connectivity index (χ4v) is 4.66. The lowest BCUT2D eigenvalue weighted by atomic mass is 9.95. The van der Waals surface area contributed by atoms with Crippen LogP contribution in [0.2, 0.25) is 0 Å². The van der Waals surface area contributed by atoms with E-state index < -0.39 is 0 Å². The van der Waals surface area contributed by atoms with E-state index in [1.165, 1.54) is 6.92 Å². The van der Waals surface area contributed by atoms with Crippen molar-refractivity contribution >= 4 is 34.7 Å². The Kier molecular flexibility index (Phi) is 6.76. The second-order valence-electron chi connectivity index (χ2n) is 9.29. The van der Waals surface area contributed by atoms with Gasteiger partial charge in [0.25, 0.3) is 0 Å². The summed E-state index contributed by atoms with van der Waals surface area (Å²) in [7, 11) is 1.65. The van der Waals surface area contributed by atoms with Gasteiger partial charge < -0.3 is 20.3 Å². The quantitative estimate of drug-likeness (QED) is 0.405. The van der Waals surface area contributed by atoms with E-state index in [0.29, 0.717) is 5.69 Å². The van der Waals surface area contributed by atoms with Crippen LogP contribution in [0.25, 0.3) is 16.9 Å². The molecule has 0 aliphatic carbocycles. The molecule has 2 aromatic heterocycles. The Hall–Kier alpha value is -4.40. The molecule has 0 atom stereocenters. The molecule has 37 heavy (non-hydrogen) atoms. The lowest BCUT2D eigenvalue weighted by Gasteiger charge is -2.33. The fraction of sp³-hybridized carbons (Fsp3) is 0.286. The number of amides is 2. The number of methoxy groups -OCH3 is 1. The summed E-state index contributed by atoms with van der Waals surface area (Å²) in [6.45, 7) is 4.94. The van der Waals surface area contributed by atoms with Crippen LogP contribution in [-0.4, -0.2) is 46.6 Å². The Morgan fingerprint density at radius 3 is 2.22 bits per heavy atom. The number of fused-ring (bicyclic) bond motifs is 1. The molecule has 4 aromatic rings. The lowest BCUT2D eigenvalue weighted by molar-refractivity contribution is -0.120. The number of carbonyl (C=O) groups excluding carboxylic acids is 2. The predicted octanol–water partition coefficient (Wildman–Crippen LogP) is 4.53. The maximum Gasteiger partial charge on any atom is 0.227 e. The Morgan fingerprint density at radius 1 is 0.946 bits per heavy atom. The standard InChI is InChI=1S/C28H30N6O3/c1-18-16-27(34-26(29-18)17-25(32-34)20-4-10-24(37-3)11-5-20)33-14-12-21(13-15-33)28(36)31-23-8-6-22(7-9-23)30-19(2)35/h4-11,16-17,21H,12-15H2,1-3H3,(H,30,35)(H,31,36). The number of carbonyl (C=O) groups is 2. The summed E-state index contributed by atoms with van der Waals surface area (Å²) < 4.78 is 7.16. The highest BCUT2D eigenvalue weighted by atomic mass is 16.5. The molecule has 2 N–H and O–H groups in total. The smallest absolute Gasteiger partial charge is 0.227 e. The van der Waals surface area contributed by atoms with Gasteiger partial charge in [0, 0.05) is 60.7 Å². The van der Waals surface area contributed by atoms with E-state index in [2.05, 4.69) is 26.6 Å². The van der Waals surface area contributed by atoms with Crippen LogP contribution in [-0.2, 0) is 9.59 Å². The molecule has 2 aromatic carbocycles. The van der Waals surface area contributed by atoms with Crippen LogP contribution in [0.4, 0.5) is 17.2 Å². The first-order valence-electron chi connectivity index (χ1n) is 12.3. The molecule has 0 saturated carbocycles. The van der Waals surface area contributed by atoms with Crippen LogP contribution in [0.15, 0.2) is 60.7 Å². The number of nitrogens with zero attached hydrogens (tertiary/aromatic N) is 4. The van der Waals surface area contributed by atoms with Gasteiger partial charge in [-0.05, 0) is 68.3 Å². The number of piperidine rings is 1. The Labute approximate surface area is 215 Å². The van der Waals surface area contributed by atoms with Crippen LogP contribution in [0.5, 0.6) is 5.75 Å². The number of aryl methyl sites for hydroxylation is 1. The van der Waals surface area contributed by atoms with E-state index in [1.807, 2.05) is 41.8 Å². The van der Waals surface area contributed by atoms with Gasteiger partial charge in [-0.1, -0.05) is 0 Å². The number of hydrogen-bond acceptors (Lipinski definition) is 6. The largest absolute Gasteiger partial charge is 0.497 e. The fourth-order valence-electron chi connectivity index (χ4n) is 4.66. The van der Waals surface area contributed by atoms with Gasteiger partial charge in [0.15, 0.2) is 5.65 Å². The zero-order chi connectivity index (χ0) is 25.9. The van der Waals surface area contributed by atoms with Crippen LogP contribution >= 0.6 is 0 Å². The summed E-state index contributed by atoms with van der Waals surface area (Å²) in [6.07, 6.45) is 1.48. The maximum atomic E-state index is 12.9. The van der Waals surface area contributed by atoms with Gasteiger partial charge in [0.2, 0.25) is 11.8 Å². The monoisotopic (exact) mass is 498 g/mol. The predicted molar refractivity (Wildman–Crippen MR) is 144 cm³/mol. The highest BCUT2D eigenvalue weighted by molar-refractivity contribution is 5.93. The molecule has 1 fully saturated rings. The molecular formula is C28H30N6O3. The summed E-state index contributed by atoms with van der Waals surface area (Å²) in [5.74, 6) is 1.60. The first-order chi connectivity index (χ1) is 17.9. The van der Waals surface area contributed by atoms with Crippen molar-refractivity contribution in [1.82, 2.24) is 14.6 Å². The van der Waals surface area contributed by atoms with Crippen LogP contribution in [0, 0.1) is 12.8 Å². The summed E-state index contributed by atoms with van der Waals surface area (Å²) in [6, 6.07) is 19.0. The third kappa shape index (κ3) is 5.40. The molecule has 9 heteroatoms. The topological polar surface area (TPSA) is 101 Å². The number of hydrogen-bond donors (Lipinski definition) is 2. The molecule has 1 aliphatic rings. The van der Waals surface area contributed by atoms with E-state index >= 15 is 0 Å². The van der Waals surface area contributed by atoms with E-state index in [0.717, 1.165) is 65.8 Å². The Balaban J connectivity index is 1.27. The zero-order valence-corrected chi connectivity index (χ0v) is 21.2. The van der Waals surface area contributed by atoms with Crippen molar-refractivity contribution < 1.29 is 14.3 Å². The van der Waals surface area contributed by atoms with Crippen molar-refractivity contribution in [2.45, 2.75) is 26.7 Å². The third-order valence-corrected chi connectivity index (χ3v) is 6.58. The van der Waals surface area contributed by atoms with Gasteiger partial charge in [-0.3, -0.25) is 9.59 Å². The van der Waals surface area contributed by atoms with Crippen LogP contribution < -0.4 is 20.3 Å². The Bertz CT molecular complexity index is 1420. The maximum absolute atomic E-state index is 12.9. The van der Waals surface area contributed by atoms with Crippen molar-refractivity contribution in [2.75, 3.05) is 35.7 Å². The zero-order valence-electron chi connectivity index (χ0n) is 21.2. The molecule has 2 amide bonds. The van der Waals surface area contributed by atoms with Gasteiger partial charge in [0.05, 0.1) is 12.8 Å². The molecule has 0 bridgehead atoms. The van der Waals surface area contributed by atoms with Crippen molar-refractivity contribution in [3.63, 3.8) is 0 Å². The minimum Gasteiger partial charge on any atom is -0.497 e. The first-order valence-corrected chi connectivity index (χ1v) is 12.3. The normalized spacial score (nSPS) is 14.0. The van der Waals surface area contributed by atoms with Crippen molar-refractivity contribution in [2.24, 2.45) is 5.92 Å². The lowest BCUT2D eigenvalue weighted by Crippen LogP contribution is -2.39. The molecule has 0 unspecified atom stereocenters. The summed E-state index contributed by atoms with van der Waals surface area (Å²) in [5.41, 5.74) is 4.98. The van der Waals surface area contributed by atoms with Gasteiger partial charge in [0.1, 0.15) is 11.6 Å². The molecule has 1 aliphatic heterocycles. The highest BCUT2D eigenvalue weighted by Gasteiger charge is 2.27.